The van der Waals surface area contributed by atoms with Crippen molar-refractivity contribution in [2.24, 2.45) is 5.92 Å². The summed E-state index contributed by atoms with van der Waals surface area (Å²) < 4.78 is 0. The summed E-state index contributed by atoms with van der Waals surface area (Å²) in [6.45, 7) is 6.46. The molecule has 1 aromatic rings. The molecular formula is C11H17BrN2. The summed E-state index contributed by atoms with van der Waals surface area (Å²) in [5, 5.41) is 4.40. The average molecular weight is 257 g/mol. The SMILES string of the molecule is Cc1ccnc(NC(C)C(C)CBr)c1. The van der Waals surface area contributed by atoms with E-state index in [9.17, 15) is 0 Å². The van der Waals surface area contributed by atoms with Crippen LogP contribution in [-0.4, -0.2) is 16.4 Å². The van der Waals surface area contributed by atoms with Gasteiger partial charge in [0.05, 0.1) is 0 Å². The van der Waals surface area contributed by atoms with Crippen molar-refractivity contribution in [1.82, 2.24) is 4.98 Å². The number of alkyl halides is 1. The first-order chi connectivity index (χ1) is 6.63. The second kappa shape index (κ2) is 5.35. The Labute approximate surface area is 94.3 Å². The standard InChI is InChI=1S/C11H17BrN2/c1-8-4-5-13-11(6-8)14-10(3)9(2)7-12/h4-6,9-10H,7H2,1-3H3,(H,13,14). The van der Waals surface area contributed by atoms with Gasteiger partial charge in [-0.2, -0.15) is 0 Å². The van der Waals surface area contributed by atoms with Crippen LogP contribution in [-0.2, 0) is 0 Å². The molecule has 0 saturated carbocycles. The van der Waals surface area contributed by atoms with E-state index in [4.69, 9.17) is 0 Å². The number of pyridine rings is 1. The molecule has 1 heterocycles. The largest absolute Gasteiger partial charge is 0.367 e. The van der Waals surface area contributed by atoms with Gasteiger partial charge >= 0.3 is 0 Å². The molecule has 2 atom stereocenters. The van der Waals surface area contributed by atoms with Crippen LogP contribution in [0.1, 0.15) is 19.4 Å². The summed E-state index contributed by atoms with van der Waals surface area (Å²) in [4.78, 5) is 4.27. The minimum atomic E-state index is 0.434. The highest BCUT2D eigenvalue weighted by Gasteiger charge is 2.10. The third-order valence-electron chi connectivity index (χ3n) is 2.39. The number of aromatic nitrogens is 1. The van der Waals surface area contributed by atoms with Crippen LogP contribution in [0.15, 0.2) is 18.3 Å². The van der Waals surface area contributed by atoms with Crippen LogP contribution in [0.2, 0.25) is 0 Å². The molecular weight excluding hydrogens is 240 g/mol. The summed E-state index contributed by atoms with van der Waals surface area (Å²) >= 11 is 3.48. The Morgan fingerprint density at radius 2 is 2.21 bits per heavy atom. The normalized spacial score (nSPS) is 14.9. The minimum absolute atomic E-state index is 0.434. The highest BCUT2D eigenvalue weighted by molar-refractivity contribution is 9.09. The maximum atomic E-state index is 4.27. The number of hydrogen-bond acceptors (Lipinski definition) is 2. The topological polar surface area (TPSA) is 24.9 Å². The first-order valence-electron chi connectivity index (χ1n) is 4.88. The highest BCUT2D eigenvalue weighted by atomic mass is 79.9. The van der Waals surface area contributed by atoms with Crippen LogP contribution in [0.4, 0.5) is 5.82 Å². The number of rotatable bonds is 4. The van der Waals surface area contributed by atoms with Gasteiger partial charge in [0, 0.05) is 17.6 Å². The predicted molar refractivity (Wildman–Crippen MR) is 65.0 cm³/mol. The van der Waals surface area contributed by atoms with E-state index in [1.54, 1.807) is 0 Å². The minimum Gasteiger partial charge on any atom is -0.367 e. The fraction of sp³-hybridized carbons (Fsp3) is 0.545. The lowest BCUT2D eigenvalue weighted by Gasteiger charge is -2.19. The number of aryl methyl sites for hydroxylation is 1. The lowest BCUT2D eigenvalue weighted by atomic mass is 10.1. The van der Waals surface area contributed by atoms with Gasteiger partial charge in [0.25, 0.3) is 0 Å². The zero-order valence-corrected chi connectivity index (χ0v) is 10.5. The fourth-order valence-corrected chi connectivity index (χ4v) is 1.68. The van der Waals surface area contributed by atoms with Gasteiger partial charge in [-0.25, -0.2) is 4.98 Å². The molecule has 0 aliphatic rings. The van der Waals surface area contributed by atoms with E-state index in [-0.39, 0.29) is 0 Å². The van der Waals surface area contributed by atoms with Crippen molar-refractivity contribution in [2.75, 3.05) is 10.6 Å². The van der Waals surface area contributed by atoms with Crippen molar-refractivity contribution in [1.29, 1.82) is 0 Å². The summed E-state index contributed by atoms with van der Waals surface area (Å²) in [7, 11) is 0. The first kappa shape index (κ1) is 11.5. The maximum absolute atomic E-state index is 4.27. The summed E-state index contributed by atoms with van der Waals surface area (Å²) in [5.41, 5.74) is 1.24. The summed E-state index contributed by atoms with van der Waals surface area (Å²) in [6, 6.07) is 4.50. The molecule has 1 N–H and O–H groups in total. The molecule has 0 saturated heterocycles. The fourth-order valence-electron chi connectivity index (χ4n) is 1.12. The second-order valence-electron chi connectivity index (χ2n) is 3.78. The van der Waals surface area contributed by atoms with Gasteiger partial charge in [0.2, 0.25) is 0 Å². The number of halogens is 1. The van der Waals surface area contributed by atoms with Gasteiger partial charge < -0.3 is 5.32 Å². The smallest absolute Gasteiger partial charge is 0.126 e. The molecule has 0 amide bonds. The Hall–Kier alpha value is -0.570. The van der Waals surface area contributed by atoms with Crippen LogP contribution < -0.4 is 5.32 Å². The zero-order valence-electron chi connectivity index (χ0n) is 8.92. The Bertz CT molecular complexity index is 288. The quantitative estimate of drug-likeness (QED) is 0.838. The average Bonchev–Trinajstić information content (AvgIpc) is 2.16. The Kier molecular flexibility index (Phi) is 4.39. The van der Waals surface area contributed by atoms with Crippen LogP contribution in [0.3, 0.4) is 0 Å². The van der Waals surface area contributed by atoms with Gasteiger partial charge in [-0.05, 0) is 37.5 Å². The van der Waals surface area contributed by atoms with E-state index >= 15 is 0 Å². The molecule has 2 nitrogen and oxygen atoms in total. The Morgan fingerprint density at radius 1 is 1.50 bits per heavy atom. The van der Waals surface area contributed by atoms with Crippen molar-refractivity contribution in [2.45, 2.75) is 26.8 Å². The highest BCUT2D eigenvalue weighted by Crippen LogP contribution is 2.12. The van der Waals surface area contributed by atoms with Gasteiger partial charge in [-0.15, -0.1) is 0 Å². The molecule has 0 aromatic carbocycles. The summed E-state index contributed by atoms with van der Waals surface area (Å²) in [6.07, 6.45) is 1.84. The Morgan fingerprint density at radius 3 is 2.79 bits per heavy atom. The number of nitrogens with one attached hydrogen (secondary N) is 1. The van der Waals surface area contributed by atoms with Crippen LogP contribution in [0, 0.1) is 12.8 Å². The Balaban J connectivity index is 2.60. The number of anilines is 1. The third-order valence-corrected chi connectivity index (χ3v) is 3.41. The predicted octanol–water partition coefficient (Wildman–Crippen LogP) is 3.22. The van der Waals surface area contributed by atoms with E-state index in [0.29, 0.717) is 12.0 Å². The van der Waals surface area contributed by atoms with E-state index in [2.05, 4.69) is 53.1 Å². The molecule has 1 rings (SSSR count). The second-order valence-corrected chi connectivity index (χ2v) is 4.43. The third kappa shape index (κ3) is 3.29. The molecule has 0 aliphatic carbocycles. The number of nitrogens with zero attached hydrogens (tertiary/aromatic N) is 1. The van der Waals surface area contributed by atoms with Gasteiger partial charge in [-0.1, -0.05) is 22.9 Å². The monoisotopic (exact) mass is 256 g/mol. The molecule has 2 unspecified atom stereocenters. The van der Waals surface area contributed by atoms with Crippen molar-refractivity contribution in [3.8, 4) is 0 Å². The van der Waals surface area contributed by atoms with Crippen LogP contribution >= 0.6 is 15.9 Å². The number of hydrogen-bond donors (Lipinski definition) is 1. The van der Waals surface area contributed by atoms with Crippen LogP contribution in [0.25, 0.3) is 0 Å². The molecule has 0 radical (unpaired) electrons. The van der Waals surface area contributed by atoms with Gasteiger partial charge in [0.15, 0.2) is 0 Å². The molecule has 78 valence electrons. The van der Waals surface area contributed by atoms with Crippen molar-refractivity contribution >= 4 is 21.7 Å². The molecule has 0 fully saturated rings. The molecule has 1 aromatic heterocycles. The van der Waals surface area contributed by atoms with Gasteiger partial charge in [-0.3, -0.25) is 0 Å². The summed E-state index contributed by atoms with van der Waals surface area (Å²) in [5.74, 6) is 1.56. The lowest BCUT2D eigenvalue weighted by Crippen LogP contribution is -2.25. The lowest BCUT2D eigenvalue weighted by molar-refractivity contribution is 0.570. The molecule has 0 aliphatic heterocycles. The van der Waals surface area contributed by atoms with E-state index in [0.717, 1.165) is 11.1 Å². The zero-order chi connectivity index (χ0) is 10.6. The van der Waals surface area contributed by atoms with Gasteiger partial charge in [0.1, 0.15) is 5.82 Å². The van der Waals surface area contributed by atoms with E-state index in [1.165, 1.54) is 5.56 Å². The van der Waals surface area contributed by atoms with Crippen molar-refractivity contribution in [3.05, 3.63) is 23.9 Å². The first-order valence-corrected chi connectivity index (χ1v) is 6.00. The van der Waals surface area contributed by atoms with Crippen LogP contribution in [0.5, 0.6) is 0 Å². The van der Waals surface area contributed by atoms with Crippen molar-refractivity contribution < 1.29 is 0 Å². The van der Waals surface area contributed by atoms with E-state index in [1.807, 2.05) is 12.3 Å². The van der Waals surface area contributed by atoms with Crippen molar-refractivity contribution in [3.63, 3.8) is 0 Å². The molecule has 3 heteroatoms. The maximum Gasteiger partial charge on any atom is 0.126 e. The molecule has 0 bridgehead atoms. The van der Waals surface area contributed by atoms with E-state index < -0.39 is 0 Å². The molecule has 0 spiro atoms. The molecule has 14 heavy (non-hydrogen) atoms.